The molecule has 0 aliphatic carbocycles. The van der Waals surface area contributed by atoms with Crippen LogP contribution in [0.15, 0.2) is 22.8 Å². The van der Waals surface area contributed by atoms with Gasteiger partial charge in [0.05, 0.1) is 18.4 Å². The van der Waals surface area contributed by atoms with E-state index in [1.165, 1.54) is 0 Å². The van der Waals surface area contributed by atoms with Crippen LogP contribution in [0.3, 0.4) is 0 Å². The Hall–Kier alpha value is -0.800. The molecule has 1 aromatic rings. The summed E-state index contributed by atoms with van der Waals surface area (Å²) in [6, 6.07) is 3.86. The molecule has 0 saturated heterocycles. The molecule has 0 saturated carbocycles. The maximum absolute atomic E-state index is 10.2. The van der Waals surface area contributed by atoms with Crippen LogP contribution in [-0.4, -0.2) is 28.7 Å². The molecule has 1 unspecified atom stereocenters. The molecule has 1 N–H and O–H groups in total. The van der Waals surface area contributed by atoms with E-state index in [1.54, 1.807) is 6.26 Å². The largest absolute Gasteiger partial charge is 0.468 e. The molecule has 0 bridgehead atoms. The molecule has 1 heterocycles. The van der Waals surface area contributed by atoms with Crippen molar-refractivity contribution >= 4 is 0 Å². The zero-order valence-electron chi connectivity index (χ0n) is 10.7. The lowest BCUT2D eigenvalue weighted by Gasteiger charge is -2.33. The van der Waals surface area contributed by atoms with Crippen LogP contribution in [-0.2, 0) is 6.54 Å². The van der Waals surface area contributed by atoms with Crippen LogP contribution in [0.5, 0.6) is 0 Å². The van der Waals surface area contributed by atoms with Crippen LogP contribution in [0, 0.1) is 5.92 Å². The van der Waals surface area contributed by atoms with Crippen LogP contribution in [0.1, 0.15) is 33.5 Å². The number of aliphatic hydroxyl groups is 1. The molecule has 0 aromatic carbocycles. The second-order valence-electron chi connectivity index (χ2n) is 4.89. The van der Waals surface area contributed by atoms with Crippen molar-refractivity contribution in [2.75, 3.05) is 13.1 Å². The number of hydrogen-bond donors (Lipinski definition) is 1. The van der Waals surface area contributed by atoms with Gasteiger partial charge in [-0.25, -0.2) is 0 Å². The molecule has 92 valence electrons. The number of likely N-dealkylation sites (N-methyl/N-ethyl adjacent to an activating group) is 1. The van der Waals surface area contributed by atoms with Gasteiger partial charge in [0.1, 0.15) is 5.76 Å². The van der Waals surface area contributed by atoms with Crippen molar-refractivity contribution in [1.82, 2.24) is 4.90 Å². The molecule has 16 heavy (non-hydrogen) atoms. The summed E-state index contributed by atoms with van der Waals surface area (Å²) in [4.78, 5) is 2.19. The molecule has 3 nitrogen and oxygen atoms in total. The summed E-state index contributed by atoms with van der Waals surface area (Å²) in [5.41, 5.74) is -0.650. The van der Waals surface area contributed by atoms with Crippen molar-refractivity contribution in [2.45, 2.75) is 39.8 Å². The summed E-state index contributed by atoms with van der Waals surface area (Å²) in [7, 11) is 0. The molecule has 0 aliphatic rings. The third kappa shape index (κ3) is 3.65. The second kappa shape index (κ2) is 5.51. The highest BCUT2D eigenvalue weighted by atomic mass is 16.3. The summed E-state index contributed by atoms with van der Waals surface area (Å²) in [6.45, 7) is 10.4. The van der Waals surface area contributed by atoms with Crippen molar-refractivity contribution in [3.63, 3.8) is 0 Å². The van der Waals surface area contributed by atoms with Crippen molar-refractivity contribution in [3.05, 3.63) is 24.2 Å². The Labute approximate surface area is 98.1 Å². The predicted octanol–water partition coefficient (Wildman–Crippen LogP) is 2.51. The molecule has 1 atom stereocenters. The second-order valence-corrected chi connectivity index (χ2v) is 4.89. The van der Waals surface area contributed by atoms with E-state index in [0.717, 1.165) is 18.8 Å². The quantitative estimate of drug-likeness (QED) is 0.808. The fourth-order valence-corrected chi connectivity index (χ4v) is 1.54. The fourth-order valence-electron chi connectivity index (χ4n) is 1.54. The Bertz CT molecular complexity index is 291. The Morgan fingerprint density at radius 3 is 2.62 bits per heavy atom. The first-order chi connectivity index (χ1) is 7.45. The van der Waals surface area contributed by atoms with Gasteiger partial charge in [-0.2, -0.15) is 0 Å². The maximum atomic E-state index is 10.2. The van der Waals surface area contributed by atoms with E-state index in [1.807, 2.05) is 32.9 Å². The lowest BCUT2D eigenvalue weighted by atomic mass is 9.92. The minimum absolute atomic E-state index is 0.248. The topological polar surface area (TPSA) is 36.6 Å². The zero-order valence-corrected chi connectivity index (χ0v) is 10.7. The van der Waals surface area contributed by atoms with Crippen molar-refractivity contribution in [2.24, 2.45) is 5.92 Å². The van der Waals surface area contributed by atoms with Crippen LogP contribution >= 0.6 is 0 Å². The smallest absolute Gasteiger partial charge is 0.117 e. The SMILES string of the molecule is CCN(Cc1ccco1)CC(C)(O)C(C)C. The van der Waals surface area contributed by atoms with Gasteiger partial charge >= 0.3 is 0 Å². The highest BCUT2D eigenvalue weighted by Crippen LogP contribution is 2.18. The molecule has 1 aromatic heterocycles. The van der Waals surface area contributed by atoms with Crippen LogP contribution in [0.4, 0.5) is 0 Å². The minimum Gasteiger partial charge on any atom is -0.468 e. The molecule has 0 fully saturated rings. The summed E-state index contributed by atoms with van der Waals surface area (Å²) < 4.78 is 5.32. The predicted molar refractivity (Wildman–Crippen MR) is 65.1 cm³/mol. The van der Waals surface area contributed by atoms with E-state index < -0.39 is 5.60 Å². The standard InChI is InChI=1S/C13H23NO2/c1-5-14(9-12-7-6-8-16-12)10-13(4,15)11(2)3/h6-8,11,15H,5,9-10H2,1-4H3. The van der Waals surface area contributed by atoms with Crippen LogP contribution in [0.2, 0.25) is 0 Å². The van der Waals surface area contributed by atoms with Gasteiger partial charge in [0.2, 0.25) is 0 Å². The first-order valence-electron chi connectivity index (χ1n) is 5.93. The fraction of sp³-hybridized carbons (Fsp3) is 0.692. The highest BCUT2D eigenvalue weighted by Gasteiger charge is 2.27. The molecule has 0 spiro atoms. The first-order valence-corrected chi connectivity index (χ1v) is 5.93. The number of hydrogen-bond acceptors (Lipinski definition) is 3. The molecular formula is C13H23NO2. The summed E-state index contributed by atoms with van der Waals surface area (Å²) >= 11 is 0. The Balaban J connectivity index is 2.55. The average Bonchev–Trinajstić information content (AvgIpc) is 2.68. The minimum atomic E-state index is -0.650. The molecule has 1 rings (SSSR count). The summed E-state index contributed by atoms with van der Waals surface area (Å²) in [5.74, 6) is 1.19. The van der Waals surface area contributed by atoms with Gasteiger partial charge in [0, 0.05) is 6.54 Å². The van der Waals surface area contributed by atoms with E-state index >= 15 is 0 Å². The van der Waals surface area contributed by atoms with Gasteiger partial charge in [0.15, 0.2) is 0 Å². The van der Waals surface area contributed by atoms with E-state index in [9.17, 15) is 5.11 Å². The molecule has 0 aliphatic heterocycles. The zero-order chi connectivity index (χ0) is 12.2. The van der Waals surface area contributed by atoms with Gasteiger partial charge in [-0.1, -0.05) is 20.8 Å². The number of rotatable bonds is 6. The van der Waals surface area contributed by atoms with Gasteiger partial charge < -0.3 is 9.52 Å². The van der Waals surface area contributed by atoms with Crippen molar-refractivity contribution < 1.29 is 9.52 Å². The first kappa shape index (κ1) is 13.3. The summed E-state index contributed by atoms with van der Waals surface area (Å²) in [6.07, 6.45) is 1.68. The normalized spacial score (nSPS) is 15.7. The Kier molecular flexibility index (Phi) is 4.56. The van der Waals surface area contributed by atoms with E-state index in [-0.39, 0.29) is 5.92 Å². The lowest BCUT2D eigenvalue weighted by molar-refractivity contribution is -0.0208. The Morgan fingerprint density at radius 1 is 1.50 bits per heavy atom. The molecular weight excluding hydrogens is 202 g/mol. The van der Waals surface area contributed by atoms with Crippen LogP contribution < -0.4 is 0 Å². The lowest BCUT2D eigenvalue weighted by Crippen LogP contribution is -2.44. The molecule has 3 heteroatoms. The van der Waals surface area contributed by atoms with Gasteiger partial charge in [-0.3, -0.25) is 4.90 Å². The van der Waals surface area contributed by atoms with E-state index in [4.69, 9.17) is 4.42 Å². The molecule has 0 radical (unpaired) electrons. The van der Waals surface area contributed by atoms with Gasteiger partial charge in [-0.15, -0.1) is 0 Å². The van der Waals surface area contributed by atoms with Crippen LogP contribution in [0.25, 0.3) is 0 Å². The van der Waals surface area contributed by atoms with E-state index in [0.29, 0.717) is 6.54 Å². The third-order valence-electron chi connectivity index (χ3n) is 3.19. The van der Waals surface area contributed by atoms with Crippen molar-refractivity contribution in [1.29, 1.82) is 0 Å². The summed E-state index contributed by atoms with van der Waals surface area (Å²) in [5, 5.41) is 10.2. The monoisotopic (exact) mass is 225 g/mol. The maximum Gasteiger partial charge on any atom is 0.117 e. The third-order valence-corrected chi connectivity index (χ3v) is 3.19. The number of nitrogens with zero attached hydrogens (tertiary/aromatic N) is 1. The van der Waals surface area contributed by atoms with Gasteiger partial charge in [0.25, 0.3) is 0 Å². The van der Waals surface area contributed by atoms with Gasteiger partial charge in [-0.05, 0) is 31.5 Å². The number of furan rings is 1. The average molecular weight is 225 g/mol. The Morgan fingerprint density at radius 2 is 2.19 bits per heavy atom. The van der Waals surface area contributed by atoms with Crippen molar-refractivity contribution in [3.8, 4) is 0 Å². The highest BCUT2D eigenvalue weighted by molar-refractivity contribution is 4.98. The van der Waals surface area contributed by atoms with E-state index in [2.05, 4.69) is 11.8 Å². The molecule has 0 amide bonds.